The largest absolute Gasteiger partial charge is 0.488 e. The summed E-state index contributed by atoms with van der Waals surface area (Å²) in [7, 11) is 0. The lowest BCUT2D eigenvalue weighted by molar-refractivity contribution is -0.136. The molecule has 3 rings (SSSR count). The molecule has 1 fully saturated rings. The first kappa shape index (κ1) is 27.8. The maximum absolute atomic E-state index is 10.6. The second-order valence-electron chi connectivity index (χ2n) is 9.18. The van der Waals surface area contributed by atoms with E-state index in [0.717, 1.165) is 25.7 Å². The van der Waals surface area contributed by atoms with E-state index in [1.165, 1.54) is 0 Å². The van der Waals surface area contributed by atoms with Crippen molar-refractivity contribution in [3.8, 4) is 17.2 Å². The molecule has 1 aliphatic rings. The van der Waals surface area contributed by atoms with Gasteiger partial charge in [-0.1, -0.05) is 35.9 Å². The van der Waals surface area contributed by atoms with Crippen molar-refractivity contribution in [2.45, 2.75) is 63.8 Å². The van der Waals surface area contributed by atoms with Gasteiger partial charge in [-0.05, 0) is 99.4 Å². The highest BCUT2D eigenvalue weighted by Gasteiger charge is 2.32. The van der Waals surface area contributed by atoms with Gasteiger partial charge in [-0.25, -0.2) is 0 Å². The number of halogens is 1. The van der Waals surface area contributed by atoms with Gasteiger partial charge >= 0.3 is 5.97 Å². The van der Waals surface area contributed by atoms with E-state index in [9.17, 15) is 15.0 Å². The number of hydrogen-bond donors (Lipinski definition) is 3. The quantitative estimate of drug-likeness (QED) is 0.267. The minimum Gasteiger partial charge on any atom is -0.488 e. The van der Waals surface area contributed by atoms with Crippen molar-refractivity contribution in [1.82, 2.24) is 0 Å². The van der Waals surface area contributed by atoms with Crippen LogP contribution in [0.2, 0.25) is 5.02 Å². The van der Waals surface area contributed by atoms with Crippen LogP contribution in [0.5, 0.6) is 17.2 Å². The molecule has 0 aliphatic heterocycles. The maximum Gasteiger partial charge on any atom is 0.303 e. The Morgan fingerprint density at radius 1 is 1.03 bits per heavy atom. The van der Waals surface area contributed by atoms with E-state index < -0.39 is 18.2 Å². The van der Waals surface area contributed by atoms with Crippen LogP contribution < -0.4 is 9.47 Å². The van der Waals surface area contributed by atoms with Gasteiger partial charge in [0.05, 0.1) is 6.10 Å². The Morgan fingerprint density at radius 2 is 1.64 bits per heavy atom. The Morgan fingerprint density at radius 3 is 2.31 bits per heavy atom. The second-order valence-corrected chi connectivity index (χ2v) is 9.62. The molecule has 0 saturated heterocycles. The van der Waals surface area contributed by atoms with Gasteiger partial charge in [0.15, 0.2) is 0 Å². The van der Waals surface area contributed by atoms with E-state index in [4.69, 9.17) is 26.2 Å². The van der Waals surface area contributed by atoms with Crippen molar-refractivity contribution in [3.05, 3.63) is 77.9 Å². The molecule has 0 amide bonds. The van der Waals surface area contributed by atoms with Gasteiger partial charge in [0.2, 0.25) is 0 Å². The molecule has 5 unspecified atom stereocenters. The summed E-state index contributed by atoms with van der Waals surface area (Å²) in [6, 6.07) is 14.3. The number of aliphatic carboxylic acids is 1. The third-order valence-electron chi connectivity index (χ3n) is 6.43. The molecular weight excluding hydrogens is 480 g/mol. The van der Waals surface area contributed by atoms with Crippen LogP contribution in [-0.4, -0.2) is 39.6 Å². The van der Waals surface area contributed by atoms with Crippen LogP contribution in [0.1, 0.15) is 45.4 Å². The molecule has 0 heterocycles. The van der Waals surface area contributed by atoms with E-state index in [-0.39, 0.29) is 24.4 Å². The van der Waals surface area contributed by atoms with Crippen LogP contribution in [-0.2, 0) is 4.79 Å². The molecule has 2 aromatic carbocycles. The van der Waals surface area contributed by atoms with Crippen LogP contribution in [0, 0.1) is 11.8 Å². The van der Waals surface area contributed by atoms with E-state index in [0.29, 0.717) is 28.7 Å². The number of benzene rings is 2. The van der Waals surface area contributed by atoms with Crippen LogP contribution in [0.4, 0.5) is 0 Å². The highest BCUT2D eigenvalue weighted by Crippen LogP contribution is 2.36. The van der Waals surface area contributed by atoms with Gasteiger partial charge in [-0.15, -0.1) is 0 Å². The zero-order chi connectivity index (χ0) is 25.9. The molecule has 0 spiro atoms. The molecular formula is C29H35ClO6. The van der Waals surface area contributed by atoms with Crippen LogP contribution in [0.25, 0.3) is 0 Å². The highest BCUT2D eigenvalue weighted by molar-refractivity contribution is 6.30. The van der Waals surface area contributed by atoms with Crippen molar-refractivity contribution in [3.63, 3.8) is 0 Å². The fraction of sp³-hybridized carbons (Fsp3) is 0.414. The molecule has 194 valence electrons. The normalized spacial score (nSPS) is 21.6. The third kappa shape index (κ3) is 9.01. The molecule has 36 heavy (non-hydrogen) atoms. The summed E-state index contributed by atoms with van der Waals surface area (Å²) < 4.78 is 11.7. The highest BCUT2D eigenvalue weighted by atomic mass is 35.5. The van der Waals surface area contributed by atoms with Gasteiger partial charge in [-0.3, -0.25) is 4.79 Å². The summed E-state index contributed by atoms with van der Waals surface area (Å²) >= 11 is 5.90. The number of carboxylic acids is 1. The van der Waals surface area contributed by atoms with Gasteiger partial charge in [0.1, 0.15) is 29.5 Å². The average Bonchev–Trinajstić information content (AvgIpc) is 3.21. The molecule has 0 radical (unpaired) electrons. The van der Waals surface area contributed by atoms with Gasteiger partial charge < -0.3 is 24.8 Å². The number of aliphatic hydroxyl groups excluding tert-OH is 2. The minimum absolute atomic E-state index is 0.127. The molecule has 1 saturated carbocycles. The van der Waals surface area contributed by atoms with Gasteiger partial charge in [-0.2, -0.15) is 0 Å². The summed E-state index contributed by atoms with van der Waals surface area (Å²) in [5.41, 5.74) is 0. The van der Waals surface area contributed by atoms with Crippen molar-refractivity contribution in [2.75, 3.05) is 0 Å². The SMILES string of the molecule is CC(Oc1ccc(Oc2ccc(Cl)cc2)cc1)C(O)/C=C/C1CCC(O)C1CC/C=C\CCC(=O)O. The van der Waals surface area contributed by atoms with Crippen molar-refractivity contribution in [1.29, 1.82) is 0 Å². The standard InChI is InChI=1S/C29H35ClO6/c1-20(35-23-14-16-25(17-15-23)36-24-12-10-22(30)11-13-24)27(31)18-8-21-9-19-28(32)26(21)6-4-2-3-5-7-29(33)34/h2-3,8,10-18,20-21,26-28,31-32H,4-7,9,19H2,1H3,(H,33,34)/b3-2-,18-8+. The van der Waals surface area contributed by atoms with Crippen LogP contribution >= 0.6 is 11.6 Å². The zero-order valence-electron chi connectivity index (χ0n) is 20.5. The number of aliphatic hydroxyl groups is 2. The van der Waals surface area contributed by atoms with Crippen LogP contribution in [0.3, 0.4) is 0 Å². The molecule has 7 heteroatoms. The number of allylic oxidation sites excluding steroid dienone is 3. The summed E-state index contributed by atoms with van der Waals surface area (Å²) in [5.74, 6) is 1.50. The first-order chi connectivity index (χ1) is 17.3. The Labute approximate surface area is 217 Å². The number of carbonyl (C=O) groups is 1. The number of ether oxygens (including phenoxy) is 2. The molecule has 2 aromatic rings. The number of hydrogen-bond acceptors (Lipinski definition) is 5. The Balaban J connectivity index is 1.46. The topological polar surface area (TPSA) is 96.2 Å². The average molecular weight is 515 g/mol. The van der Waals surface area contributed by atoms with E-state index in [2.05, 4.69) is 0 Å². The molecule has 5 atom stereocenters. The lowest BCUT2D eigenvalue weighted by atomic mass is 9.89. The van der Waals surface area contributed by atoms with E-state index in [1.54, 1.807) is 54.6 Å². The predicted octanol–water partition coefficient (Wildman–Crippen LogP) is 6.41. The Bertz CT molecular complexity index is 1000. The second kappa shape index (κ2) is 14.1. The van der Waals surface area contributed by atoms with E-state index >= 15 is 0 Å². The summed E-state index contributed by atoms with van der Waals surface area (Å²) in [4.78, 5) is 10.6. The molecule has 6 nitrogen and oxygen atoms in total. The van der Waals surface area contributed by atoms with E-state index in [1.807, 2.05) is 25.2 Å². The summed E-state index contributed by atoms with van der Waals surface area (Å²) in [6.07, 6.45) is 9.95. The third-order valence-corrected chi connectivity index (χ3v) is 6.68. The van der Waals surface area contributed by atoms with Crippen molar-refractivity contribution >= 4 is 17.6 Å². The molecule has 0 aromatic heterocycles. The summed E-state index contributed by atoms with van der Waals surface area (Å²) in [6.45, 7) is 1.82. The number of rotatable bonds is 13. The minimum atomic E-state index is -0.798. The molecule has 1 aliphatic carbocycles. The predicted molar refractivity (Wildman–Crippen MR) is 141 cm³/mol. The maximum atomic E-state index is 10.6. The smallest absolute Gasteiger partial charge is 0.303 e. The Hall–Kier alpha value is -2.80. The monoisotopic (exact) mass is 514 g/mol. The summed E-state index contributed by atoms with van der Waals surface area (Å²) in [5, 5.41) is 30.3. The van der Waals surface area contributed by atoms with Gasteiger partial charge in [0.25, 0.3) is 0 Å². The number of carboxylic acid groups (broad SMARTS) is 1. The lowest BCUT2D eigenvalue weighted by Crippen LogP contribution is -2.27. The first-order valence-corrected chi connectivity index (χ1v) is 12.8. The fourth-order valence-electron chi connectivity index (χ4n) is 4.38. The van der Waals surface area contributed by atoms with Crippen LogP contribution in [0.15, 0.2) is 72.8 Å². The van der Waals surface area contributed by atoms with Gasteiger partial charge in [0, 0.05) is 11.4 Å². The zero-order valence-corrected chi connectivity index (χ0v) is 21.3. The Kier molecular flexibility index (Phi) is 10.9. The van der Waals surface area contributed by atoms with Crippen molar-refractivity contribution in [2.24, 2.45) is 11.8 Å². The molecule has 0 bridgehead atoms. The lowest BCUT2D eigenvalue weighted by Gasteiger charge is -2.21. The molecule has 3 N–H and O–H groups in total. The first-order valence-electron chi connectivity index (χ1n) is 12.4. The van der Waals surface area contributed by atoms with Crippen molar-refractivity contribution < 1.29 is 29.6 Å². The fourth-order valence-corrected chi connectivity index (χ4v) is 4.50.